The summed E-state index contributed by atoms with van der Waals surface area (Å²) in [7, 11) is 0. The van der Waals surface area contributed by atoms with E-state index in [4.69, 9.17) is 5.73 Å². The van der Waals surface area contributed by atoms with Gasteiger partial charge in [0.15, 0.2) is 0 Å². The molecule has 1 amide bonds. The summed E-state index contributed by atoms with van der Waals surface area (Å²) in [5, 5.41) is 0. The maximum Gasteiger partial charge on any atom is 0.225 e. The standard InChI is InChI=1S/C10H18N2O.ClH/c11-9-4-6-12(7-5-9)10(13)8-2-1-3-8;/h8-9H,1-7,11H2;1H. The summed E-state index contributed by atoms with van der Waals surface area (Å²) in [6.45, 7) is 1.77. The highest BCUT2D eigenvalue weighted by Gasteiger charge is 2.30. The topological polar surface area (TPSA) is 46.3 Å². The van der Waals surface area contributed by atoms with Gasteiger partial charge in [-0.2, -0.15) is 0 Å². The average molecular weight is 219 g/mol. The van der Waals surface area contributed by atoms with Crippen LogP contribution in [0.1, 0.15) is 32.1 Å². The zero-order chi connectivity index (χ0) is 9.26. The number of halogens is 1. The summed E-state index contributed by atoms with van der Waals surface area (Å²) in [4.78, 5) is 13.8. The molecule has 3 nitrogen and oxygen atoms in total. The number of carbonyl (C=O) groups is 1. The molecule has 1 heterocycles. The molecule has 0 spiro atoms. The highest BCUT2D eigenvalue weighted by molar-refractivity contribution is 5.85. The Morgan fingerprint density at radius 1 is 1.14 bits per heavy atom. The van der Waals surface area contributed by atoms with Crippen LogP contribution >= 0.6 is 12.4 Å². The number of nitrogens with zero attached hydrogens (tertiary/aromatic N) is 1. The zero-order valence-corrected chi connectivity index (χ0v) is 9.26. The van der Waals surface area contributed by atoms with Crippen LogP contribution in [0.15, 0.2) is 0 Å². The van der Waals surface area contributed by atoms with E-state index in [0.29, 0.717) is 17.9 Å². The second-order valence-corrected chi connectivity index (χ2v) is 4.29. The Kier molecular flexibility index (Phi) is 4.20. The predicted molar refractivity (Wildman–Crippen MR) is 58.4 cm³/mol. The van der Waals surface area contributed by atoms with E-state index in [1.807, 2.05) is 4.90 Å². The number of piperidine rings is 1. The van der Waals surface area contributed by atoms with Gasteiger partial charge in [0.2, 0.25) is 5.91 Å². The van der Waals surface area contributed by atoms with Gasteiger partial charge in [0.25, 0.3) is 0 Å². The van der Waals surface area contributed by atoms with Crippen LogP contribution in [0.2, 0.25) is 0 Å². The Labute approximate surface area is 91.4 Å². The molecule has 0 unspecified atom stereocenters. The molecule has 0 aromatic heterocycles. The highest BCUT2D eigenvalue weighted by atomic mass is 35.5. The van der Waals surface area contributed by atoms with Crippen molar-refractivity contribution in [3.05, 3.63) is 0 Å². The van der Waals surface area contributed by atoms with E-state index >= 15 is 0 Å². The fourth-order valence-electron chi connectivity index (χ4n) is 2.03. The Morgan fingerprint density at radius 2 is 1.71 bits per heavy atom. The third kappa shape index (κ3) is 2.39. The summed E-state index contributed by atoms with van der Waals surface area (Å²) >= 11 is 0. The fourth-order valence-corrected chi connectivity index (χ4v) is 2.03. The van der Waals surface area contributed by atoms with E-state index in [1.54, 1.807) is 0 Å². The van der Waals surface area contributed by atoms with Gasteiger partial charge in [0.1, 0.15) is 0 Å². The van der Waals surface area contributed by atoms with Gasteiger partial charge < -0.3 is 10.6 Å². The summed E-state index contributed by atoms with van der Waals surface area (Å²) < 4.78 is 0. The molecule has 1 aliphatic heterocycles. The smallest absolute Gasteiger partial charge is 0.225 e. The van der Waals surface area contributed by atoms with E-state index in [9.17, 15) is 4.79 Å². The minimum Gasteiger partial charge on any atom is -0.342 e. The minimum absolute atomic E-state index is 0. The summed E-state index contributed by atoms with van der Waals surface area (Å²) in [5.74, 6) is 0.743. The molecular weight excluding hydrogens is 200 g/mol. The molecular formula is C10H19ClN2O. The van der Waals surface area contributed by atoms with E-state index < -0.39 is 0 Å². The Hall–Kier alpha value is -0.280. The molecule has 4 heteroatoms. The van der Waals surface area contributed by atoms with E-state index in [-0.39, 0.29) is 12.4 Å². The minimum atomic E-state index is 0. The zero-order valence-electron chi connectivity index (χ0n) is 8.45. The number of likely N-dealkylation sites (tertiary alicyclic amines) is 1. The van der Waals surface area contributed by atoms with Crippen LogP contribution in [0.25, 0.3) is 0 Å². The number of carbonyl (C=O) groups excluding carboxylic acids is 1. The van der Waals surface area contributed by atoms with Crippen LogP contribution in [0.3, 0.4) is 0 Å². The molecule has 0 bridgehead atoms. The molecule has 2 aliphatic rings. The molecule has 2 rings (SSSR count). The monoisotopic (exact) mass is 218 g/mol. The van der Waals surface area contributed by atoms with Crippen molar-refractivity contribution >= 4 is 18.3 Å². The van der Waals surface area contributed by atoms with Gasteiger partial charge in [0.05, 0.1) is 0 Å². The SMILES string of the molecule is Cl.NC1CCN(C(=O)C2CCC2)CC1. The van der Waals surface area contributed by atoms with Crippen molar-refractivity contribution in [2.24, 2.45) is 11.7 Å². The molecule has 1 saturated carbocycles. The fraction of sp³-hybridized carbons (Fsp3) is 0.900. The van der Waals surface area contributed by atoms with Gasteiger partial charge in [-0.3, -0.25) is 4.79 Å². The first-order chi connectivity index (χ1) is 6.27. The summed E-state index contributed by atoms with van der Waals surface area (Å²) in [5.41, 5.74) is 5.78. The van der Waals surface area contributed by atoms with Gasteiger partial charge in [-0.25, -0.2) is 0 Å². The summed E-state index contributed by atoms with van der Waals surface area (Å²) in [6, 6.07) is 0.324. The molecule has 82 valence electrons. The van der Waals surface area contributed by atoms with Crippen LogP contribution < -0.4 is 5.73 Å². The van der Waals surface area contributed by atoms with Crippen LogP contribution in [-0.4, -0.2) is 29.9 Å². The number of hydrogen-bond donors (Lipinski definition) is 1. The maximum absolute atomic E-state index is 11.8. The third-order valence-electron chi connectivity index (χ3n) is 3.31. The van der Waals surface area contributed by atoms with Crippen molar-refractivity contribution in [3.63, 3.8) is 0 Å². The van der Waals surface area contributed by atoms with E-state index in [1.165, 1.54) is 6.42 Å². The molecule has 0 radical (unpaired) electrons. The van der Waals surface area contributed by atoms with Crippen LogP contribution in [0, 0.1) is 5.92 Å². The molecule has 2 N–H and O–H groups in total. The lowest BCUT2D eigenvalue weighted by molar-refractivity contribution is -0.139. The lowest BCUT2D eigenvalue weighted by Crippen LogP contribution is -2.46. The number of rotatable bonds is 1. The molecule has 14 heavy (non-hydrogen) atoms. The third-order valence-corrected chi connectivity index (χ3v) is 3.31. The van der Waals surface area contributed by atoms with Gasteiger partial charge in [-0.1, -0.05) is 6.42 Å². The average Bonchev–Trinajstić information content (AvgIpc) is 2.02. The first-order valence-electron chi connectivity index (χ1n) is 5.32. The van der Waals surface area contributed by atoms with Crippen LogP contribution in [-0.2, 0) is 4.79 Å². The largest absolute Gasteiger partial charge is 0.342 e. The lowest BCUT2D eigenvalue weighted by Gasteiger charge is -2.35. The predicted octanol–water partition coefficient (Wildman–Crippen LogP) is 1.16. The van der Waals surface area contributed by atoms with Crippen molar-refractivity contribution in [1.29, 1.82) is 0 Å². The van der Waals surface area contributed by atoms with Crippen LogP contribution in [0.5, 0.6) is 0 Å². The number of nitrogens with two attached hydrogens (primary N) is 1. The molecule has 1 saturated heterocycles. The van der Waals surface area contributed by atoms with Gasteiger partial charge in [-0.05, 0) is 25.7 Å². The summed E-state index contributed by atoms with van der Waals surface area (Å²) in [6.07, 6.45) is 5.43. The van der Waals surface area contributed by atoms with Gasteiger partial charge in [0, 0.05) is 25.0 Å². The van der Waals surface area contributed by atoms with Crippen LogP contribution in [0.4, 0.5) is 0 Å². The van der Waals surface area contributed by atoms with Crippen molar-refractivity contribution in [1.82, 2.24) is 4.90 Å². The number of amides is 1. The second-order valence-electron chi connectivity index (χ2n) is 4.29. The molecule has 0 atom stereocenters. The first-order valence-corrected chi connectivity index (χ1v) is 5.32. The van der Waals surface area contributed by atoms with E-state index in [2.05, 4.69) is 0 Å². The lowest BCUT2D eigenvalue weighted by atomic mass is 9.84. The van der Waals surface area contributed by atoms with E-state index in [0.717, 1.165) is 38.8 Å². The van der Waals surface area contributed by atoms with Gasteiger partial charge >= 0.3 is 0 Å². The Morgan fingerprint density at radius 3 is 2.14 bits per heavy atom. The molecule has 1 aliphatic carbocycles. The van der Waals surface area contributed by atoms with Crippen molar-refractivity contribution in [2.45, 2.75) is 38.1 Å². The molecule has 2 fully saturated rings. The normalized spacial score (nSPS) is 23.9. The Bertz CT molecular complexity index is 198. The second kappa shape index (κ2) is 4.99. The maximum atomic E-state index is 11.8. The van der Waals surface area contributed by atoms with Gasteiger partial charge in [-0.15, -0.1) is 12.4 Å². The Balaban J connectivity index is 0.000000980. The molecule has 0 aromatic rings. The quantitative estimate of drug-likeness (QED) is 0.718. The van der Waals surface area contributed by atoms with Crippen molar-refractivity contribution < 1.29 is 4.79 Å². The number of hydrogen-bond acceptors (Lipinski definition) is 2. The first kappa shape index (κ1) is 11.8. The highest BCUT2D eigenvalue weighted by Crippen LogP contribution is 2.29. The van der Waals surface area contributed by atoms with Crippen molar-refractivity contribution in [3.8, 4) is 0 Å². The molecule has 0 aromatic carbocycles. The van der Waals surface area contributed by atoms with Crippen molar-refractivity contribution in [2.75, 3.05) is 13.1 Å².